The number of aryl methyl sites for hydroxylation is 1. The molecule has 0 unspecified atom stereocenters. The summed E-state index contributed by atoms with van der Waals surface area (Å²) in [5.41, 5.74) is 0.769. The minimum Gasteiger partial charge on any atom is -0.391 e. The van der Waals surface area contributed by atoms with E-state index in [0.717, 1.165) is 0 Å². The molecular weight excluding hydrogens is 204 g/mol. The fourth-order valence-electron chi connectivity index (χ4n) is 1.83. The number of alkyl halides is 2. The van der Waals surface area contributed by atoms with E-state index in [0.29, 0.717) is 11.3 Å². The third-order valence-corrected chi connectivity index (χ3v) is 2.65. The number of fused-ring (bicyclic) bond motifs is 1. The molecule has 0 amide bonds. The number of halogens is 2. The van der Waals surface area contributed by atoms with Gasteiger partial charge in [0.15, 0.2) is 0 Å². The van der Waals surface area contributed by atoms with Crippen LogP contribution in [0, 0.1) is 0 Å². The van der Waals surface area contributed by atoms with Crippen LogP contribution in [0.5, 0.6) is 0 Å². The predicted molar refractivity (Wildman–Crippen MR) is 50.0 cm³/mol. The second-order valence-electron chi connectivity index (χ2n) is 3.82. The van der Waals surface area contributed by atoms with E-state index >= 15 is 0 Å². The van der Waals surface area contributed by atoms with Crippen LogP contribution in [0.4, 0.5) is 8.78 Å². The summed E-state index contributed by atoms with van der Waals surface area (Å²) in [7, 11) is 0. The highest BCUT2D eigenvalue weighted by Crippen LogP contribution is 2.31. The Morgan fingerprint density at radius 2 is 2.27 bits per heavy atom. The first-order valence-electron chi connectivity index (χ1n) is 4.74. The molecule has 3 nitrogen and oxygen atoms in total. The molecule has 0 saturated carbocycles. The molecule has 82 valence electrons. The second kappa shape index (κ2) is 3.41. The lowest BCUT2D eigenvalue weighted by Gasteiger charge is -2.24. The van der Waals surface area contributed by atoms with Gasteiger partial charge in [0.2, 0.25) is 0 Å². The molecule has 1 aliphatic rings. The fraction of sp³-hybridized carbons (Fsp3) is 0.500. The van der Waals surface area contributed by atoms with Gasteiger partial charge < -0.3 is 10.1 Å². The Bertz CT molecular complexity index is 440. The number of pyridine rings is 1. The molecule has 0 aromatic carbocycles. The SMILES string of the molecule is O=c1[nH]c2c(cc1CO)CC(F)(F)CC2. The lowest BCUT2D eigenvalue weighted by atomic mass is 9.92. The summed E-state index contributed by atoms with van der Waals surface area (Å²) in [6, 6.07) is 1.38. The highest BCUT2D eigenvalue weighted by Gasteiger charge is 2.34. The van der Waals surface area contributed by atoms with Crippen LogP contribution in [-0.4, -0.2) is 16.0 Å². The van der Waals surface area contributed by atoms with Gasteiger partial charge >= 0.3 is 0 Å². The van der Waals surface area contributed by atoms with Crippen LogP contribution < -0.4 is 5.56 Å². The van der Waals surface area contributed by atoms with Gasteiger partial charge in [-0.05, 0) is 18.1 Å². The van der Waals surface area contributed by atoms with Crippen molar-refractivity contribution in [3.63, 3.8) is 0 Å². The average molecular weight is 215 g/mol. The van der Waals surface area contributed by atoms with Crippen molar-refractivity contribution >= 4 is 0 Å². The standard InChI is InChI=1S/C10H11F2NO2/c11-10(12)2-1-8-6(4-10)3-7(5-14)9(15)13-8/h3,14H,1-2,4-5H2,(H,13,15). The molecule has 0 radical (unpaired) electrons. The van der Waals surface area contributed by atoms with E-state index in [1.807, 2.05) is 0 Å². The summed E-state index contributed by atoms with van der Waals surface area (Å²) in [4.78, 5) is 13.8. The minimum absolute atomic E-state index is 0.145. The van der Waals surface area contributed by atoms with E-state index in [9.17, 15) is 13.6 Å². The number of nitrogens with one attached hydrogen (secondary N) is 1. The number of aromatic amines is 1. The van der Waals surface area contributed by atoms with Gasteiger partial charge in [0.25, 0.3) is 11.5 Å². The number of aliphatic hydroxyl groups excluding tert-OH is 1. The Morgan fingerprint density at radius 1 is 1.53 bits per heavy atom. The molecule has 0 saturated heterocycles. The number of hydrogen-bond donors (Lipinski definition) is 2. The summed E-state index contributed by atoms with van der Waals surface area (Å²) in [5.74, 6) is -2.70. The van der Waals surface area contributed by atoms with Crippen molar-refractivity contribution in [1.29, 1.82) is 0 Å². The monoisotopic (exact) mass is 215 g/mol. The first-order valence-corrected chi connectivity index (χ1v) is 4.74. The molecule has 0 spiro atoms. The number of aromatic nitrogens is 1. The smallest absolute Gasteiger partial charge is 0.253 e. The number of rotatable bonds is 1. The minimum atomic E-state index is -2.70. The third kappa shape index (κ3) is 1.92. The number of aliphatic hydroxyl groups is 1. The van der Waals surface area contributed by atoms with Crippen LogP contribution in [-0.2, 0) is 19.4 Å². The zero-order chi connectivity index (χ0) is 11.1. The Kier molecular flexibility index (Phi) is 2.34. The van der Waals surface area contributed by atoms with Crippen LogP contribution in [0.25, 0.3) is 0 Å². The predicted octanol–water partition coefficient (Wildman–Crippen LogP) is 0.991. The lowest BCUT2D eigenvalue weighted by molar-refractivity contribution is -0.0128. The second-order valence-corrected chi connectivity index (χ2v) is 3.82. The summed E-state index contributed by atoms with van der Waals surface area (Å²) in [6.07, 6.45) is -0.399. The van der Waals surface area contributed by atoms with E-state index in [-0.39, 0.29) is 30.4 Å². The third-order valence-electron chi connectivity index (χ3n) is 2.65. The van der Waals surface area contributed by atoms with Gasteiger partial charge in [-0.2, -0.15) is 0 Å². The Labute approximate surface area is 84.8 Å². The van der Waals surface area contributed by atoms with Gasteiger partial charge in [-0.25, -0.2) is 8.78 Å². The molecule has 15 heavy (non-hydrogen) atoms. The first kappa shape index (κ1) is 10.3. The maximum atomic E-state index is 13.1. The van der Waals surface area contributed by atoms with Gasteiger partial charge in [0, 0.05) is 24.1 Å². The molecule has 1 heterocycles. The highest BCUT2D eigenvalue weighted by atomic mass is 19.3. The van der Waals surface area contributed by atoms with Crippen molar-refractivity contribution in [1.82, 2.24) is 4.98 Å². The molecule has 0 atom stereocenters. The van der Waals surface area contributed by atoms with Crippen molar-refractivity contribution in [3.05, 3.63) is 33.2 Å². The summed E-state index contributed by atoms with van der Waals surface area (Å²) >= 11 is 0. The molecule has 1 aromatic rings. The Balaban J connectivity index is 2.46. The van der Waals surface area contributed by atoms with Crippen LogP contribution in [0.1, 0.15) is 23.2 Å². The number of H-pyrrole nitrogens is 1. The quantitative estimate of drug-likeness (QED) is 0.734. The summed E-state index contributed by atoms with van der Waals surface area (Å²) in [5, 5.41) is 8.84. The van der Waals surface area contributed by atoms with Crippen molar-refractivity contribution in [2.75, 3.05) is 0 Å². The van der Waals surface area contributed by atoms with E-state index in [1.54, 1.807) is 0 Å². The zero-order valence-electron chi connectivity index (χ0n) is 8.02. The van der Waals surface area contributed by atoms with Crippen LogP contribution in [0.15, 0.2) is 10.9 Å². The van der Waals surface area contributed by atoms with Crippen molar-refractivity contribution in [2.24, 2.45) is 0 Å². The maximum Gasteiger partial charge on any atom is 0.253 e. The van der Waals surface area contributed by atoms with E-state index in [4.69, 9.17) is 5.11 Å². The number of hydrogen-bond acceptors (Lipinski definition) is 2. The summed E-state index contributed by atoms with van der Waals surface area (Å²) < 4.78 is 26.1. The molecular formula is C10H11F2NO2. The topological polar surface area (TPSA) is 53.1 Å². The van der Waals surface area contributed by atoms with Crippen LogP contribution in [0.2, 0.25) is 0 Å². The van der Waals surface area contributed by atoms with Crippen molar-refractivity contribution in [2.45, 2.75) is 31.8 Å². The first-order chi connectivity index (χ1) is 7.02. The molecule has 0 fully saturated rings. The lowest BCUT2D eigenvalue weighted by Crippen LogP contribution is -2.29. The molecule has 1 aromatic heterocycles. The van der Waals surface area contributed by atoms with E-state index in [1.165, 1.54) is 6.07 Å². The largest absolute Gasteiger partial charge is 0.391 e. The van der Waals surface area contributed by atoms with E-state index < -0.39 is 12.5 Å². The van der Waals surface area contributed by atoms with Crippen LogP contribution in [0.3, 0.4) is 0 Å². The molecule has 1 aliphatic carbocycles. The molecule has 5 heteroatoms. The van der Waals surface area contributed by atoms with Crippen molar-refractivity contribution < 1.29 is 13.9 Å². The van der Waals surface area contributed by atoms with Gasteiger partial charge in [-0.1, -0.05) is 0 Å². The normalized spacial score (nSPS) is 18.6. The van der Waals surface area contributed by atoms with Gasteiger partial charge in [-0.15, -0.1) is 0 Å². The van der Waals surface area contributed by atoms with Gasteiger partial charge in [0.1, 0.15) is 0 Å². The molecule has 2 rings (SSSR count). The molecule has 2 N–H and O–H groups in total. The summed E-state index contributed by atoms with van der Waals surface area (Å²) in [6.45, 7) is -0.422. The zero-order valence-corrected chi connectivity index (χ0v) is 8.02. The fourth-order valence-corrected chi connectivity index (χ4v) is 1.83. The van der Waals surface area contributed by atoms with Gasteiger partial charge in [0.05, 0.1) is 6.61 Å². The van der Waals surface area contributed by atoms with Gasteiger partial charge in [-0.3, -0.25) is 4.79 Å². The van der Waals surface area contributed by atoms with Crippen LogP contribution >= 0.6 is 0 Å². The molecule has 0 bridgehead atoms. The van der Waals surface area contributed by atoms with Crippen molar-refractivity contribution in [3.8, 4) is 0 Å². The Hall–Kier alpha value is -1.23. The average Bonchev–Trinajstić information content (AvgIpc) is 2.17. The van der Waals surface area contributed by atoms with E-state index in [2.05, 4.69) is 4.98 Å². The maximum absolute atomic E-state index is 13.1. The highest BCUT2D eigenvalue weighted by molar-refractivity contribution is 5.28. The molecule has 0 aliphatic heterocycles. The Morgan fingerprint density at radius 3 is 2.93 bits per heavy atom.